The van der Waals surface area contributed by atoms with Crippen LogP contribution in [0.2, 0.25) is 0 Å². The highest BCUT2D eigenvalue weighted by atomic mass is 16.5. The molecule has 26 heavy (non-hydrogen) atoms. The molecule has 0 saturated heterocycles. The van der Waals surface area contributed by atoms with E-state index in [4.69, 9.17) is 9.47 Å². The summed E-state index contributed by atoms with van der Waals surface area (Å²) in [5.74, 6) is 2.41. The van der Waals surface area contributed by atoms with Crippen molar-refractivity contribution in [2.75, 3.05) is 33.9 Å². The molecular weight excluding hydrogens is 326 g/mol. The van der Waals surface area contributed by atoms with E-state index in [1.165, 1.54) is 28.9 Å². The van der Waals surface area contributed by atoms with E-state index in [9.17, 15) is 5.11 Å². The van der Waals surface area contributed by atoms with Gasteiger partial charge in [0.15, 0.2) is 0 Å². The van der Waals surface area contributed by atoms with Crippen molar-refractivity contribution in [1.82, 2.24) is 0 Å². The summed E-state index contributed by atoms with van der Waals surface area (Å²) in [6.07, 6.45) is 4.45. The van der Waals surface area contributed by atoms with Crippen LogP contribution in [-0.2, 0) is 11.3 Å². The highest BCUT2D eigenvalue weighted by molar-refractivity contribution is 5.26. The van der Waals surface area contributed by atoms with Gasteiger partial charge in [-0.15, -0.1) is 0 Å². The van der Waals surface area contributed by atoms with Crippen molar-refractivity contribution in [3.8, 4) is 5.75 Å². The molecule has 0 spiro atoms. The van der Waals surface area contributed by atoms with Crippen LogP contribution in [0.4, 0.5) is 0 Å². The Kier molecular flexibility index (Phi) is 6.06. The molecule has 0 radical (unpaired) electrons. The normalized spacial score (nSPS) is 25.8. The smallest absolute Gasteiger partial charge is 0.126 e. The Hall–Kier alpha value is -1.36. The van der Waals surface area contributed by atoms with Crippen LogP contribution >= 0.6 is 0 Å². The van der Waals surface area contributed by atoms with Gasteiger partial charge in [-0.1, -0.05) is 19.9 Å². The van der Waals surface area contributed by atoms with Gasteiger partial charge in [0.05, 0.1) is 27.4 Å². The lowest BCUT2D eigenvalue weighted by Crippen LogP contribution is -3.08. The van der Waals surface area contributed by atoms with E-state index in [1.54, 1.807) is 7.11 Å². The quantitative estimate of drug-likeness (QED) is 0.663. The van der Waals surface area contributed by atoms with Gasteiger partial charge in [0.2, 0.25) is 0 Å². The second-order valence-electron chi connectivity index (χ2n) is 8.68. The second-order valence-corrected chi connectivity index (χ2v) is 8.68. The van der Waals surface area contributed by atoms with Gasteiger partial charge in [0.1, 0.15) is 24.9 Å². The number of hydrogen-bond donors (Lipinski definition) is 2. The van der Waals surface area contributed by atoms with Crippen LogP contribution in [0.15, 0.2) is 35.9 Å². The largest absolute Gasteiger partial charge is 0.497 e. The Morgan fingerprint density at radius 1 is 1.27 bits per heavy atom. The van der Waals surface area contributed by atoms with Crippen LogP contribution in [0.1, 0.15) is 32.3 Å². The fourth-order valence-electron chi connectivity index (χ4n) is 4.58. The van der Waals surface area contributed by atoms with Gasteiger partial charge in [-0.25, -0.2) is 0 Å². The molecule has 0 aromatic heterocycles. The van der Waals surface area contributed by atoms with Crippen LogP contribution in [-0.4, -0.2) is 45.1 Å². The lowest BCUT2D eigenvalue weighted by Gasteiger charge is -2.56. The zero-order valence-electron chi connectivity index (χ0n) is 16.6. The first-order valence-corrected chi connectivity index (χ1v) is 9.79. The van der Waals surface area contributed by atoms with E-state index in [2.05, 4.69) is 39.1 Å². The van der Waals surface area contributed by atoms with Crippen LogP contribution in [0, 0.1) is 17.3 Å². The summed E-state index contributed by atoms with van der Waals surface area (Å²) in [6.45, 7) is 7.41. The number of ether oxygens (including phenoxy) is 2. The minimum Gasteiger partial charge on any atom is -0.497 e. The zero-order chi connectivity index (χ0) is 18.7. The molecule has 4 nitrogen and oxygen atoms in total. The molecular formula is C22H34NO3+. The summed E-state index contributed by atoms with van der Waals surface area (Å²) >= 11 is 0. The lowest BCUT2D eigenvalue weighted by atomic mass is 9.49. The average molecular weight is 361 g/mol. The lowest BCUT2D eigenvalue weighted by molar-refractivity contribution is -0.897. The molecule has 2 N–H and O–H groups in total. The number of nitrogens with one attached hydrogen (secondary N) is 1. The molecule has 1 aromatic rings. The number of aliphatic hydroxyl groups excluding tert-OH is 1. The first-order valence-electron chi connectivity index (χ1n) is 9.79. The molecule has 0 amide bonds. The highest BCUT2D eigenvalue weighted by Crippen LogP contribution is 2.59. The number of fused-ring (bicyclic) bond motifs is 1. The molecule has 0 heterocycles. The van der Waals surface area contributed by atoms with Crippen LogP contribution in [0.5, 0.6) is 5.75 Å². The van der Waals surface area contributed by atoms with Crippen molar-refractivity contribution in [2.45, 2.75) is 39.3 Å². The van der Waals surface area contributed by atoms with Crippen LogP contribution < -0.4 is 9.64 Å². The molecule has 1 unspecified atom stereocenters. The molecule has 4 atom stereocenters. The van der Waals surface area contributed by atoms with Gasteiger partial charge in [-0.05, 0) is 59.9 Å². The van der Waals surface area contributed by atoms with Gasteiger partial charge >= 0.3 is 0 Å². The molecule has 1 aromatic carbocycles. The molecule has 4 rings (SSSR count). The van der Waals surface area contributed by atoms with Gasteiger partial charge in [0.25, 0.3) is 0 Å². The maximum Gasteiger partial charge on any atom is 0.126 e. The first-order chi connectivity index (χ1) is 12.4. The number of methoxy groups -OCH3 is 1. The topological polar surface area (TPSA) is 43.1 Å². The zero-order valence-corrected chi connectivity index (χ0v) is 16.6. The summed E-state index contributed by atoms with van der Waals surface area (Å²) in [7, 11) is 3.78. The van der Waals surface area contributed by atoms with E-state index < -0.39 is 6.10 Å². The summed E-state index contributed by atoms with van der Waals surface area (Å²) < 4.78 is 11.0. The fourth-order valence-corrected chi connectivity index (χ4v) is 4.58. The molecule has 144 valence electrons. The van der Waals surface area contributed by atoms with Crippen molar-refractivity contribution < 1.29 is 19.5 Å². The van der Waals surface area contributed by atoms with Crippen LogP contribution in [0.3, 0.4) is 0 Å². The molecule has 0 aliphatic heterocycles. The third kappa shape index (κ3) is 4.30. The third-order valence-corrected chi connectivity index (χ3v) is 6.41. The molecule has 1 saturated carbocycles. The van der Waals surface area contributed by atoms with Gasteiger partial charge in [-0.3, -0.25) is 0 Å². The van der Waals surface area contributed by atoms with E-state index in [0.717, 1.165) is 18.2 Å². The summed E-state index contributed by atoms with van der Waals surface area (Å²) in [5.41, 5.74) is 3.13. The minimum absolute atomic E-state index is 0.411. The van der Waals surface area contributed by atoms with Crippen molar-refractivity contribution in [3.05, 3.63) is 41.5 Å². The Labute approximate surface area is 157 Å². The van der Waals surface area contributed by atoms with E-state index in [1.807, 2.05) is 12.1 Å². The average Bonchev–Trinajstić information content (AvgIpc) is 2.62. The standard InChI is InChI=1S/C22H33NO3/c1-22(2)18-8-7-17(21(22)11-18)14-26-15-19(24)13-23(3)12-16-5-9-20(25-4)10-6-16/h5-7,9-10,18-19,21,24H,8,11-15H2,1-4H3/p+1/t18-,19+,21-/m0/s1. The number of hydrogen-bond acceptors (Lipinski definition) is 3. The molecule has 4 heteroatoms. The summed E-state index contributed by atoms with van der Waals surface area (Å²) in [5, 5.41) is 10.3. The van der Waals surface area contributed by atoms with E-state index in [-0.39, 0.29) is 0 Å². The van der Waals surface area contributed by atoms with Crippen LogP contribution in [0.25, 0.3) is 0 Å². The summed E-state index contributed by atoms with van der Waals surface area (Å²) in [6, 6.07) is 8.11. The van der Waals surface area contributed by atoms with Gasteiger partial charge in [0, 0.05) is 5.56 Å². The van der Waals surface area contributed by atoms with E-state index in [0.29, 0.717) is 31.1 Å². The fraction of sp³-hybridized carbons (Fsp3) is 0.636. The number of rotatable bonds is 9. The predicted octanol–water partition coefficient (Wildman–Crippen LogP) is 2.08. The number of likely N-dealkylation sites (N-methyl/N-ethyl adjacent to an activating group) is 1. The van der Waals surface area contributed by atoms with Crippen molar-refractivity contribution in [3.63, 3.8) is 0 Å². The highest BCUT2D eigenvalue weighted by Gasteiger charge is 2.50. The number of aliphatic hydroxyl groups is 1. The van der Waals surface area contributed by atoms with Crippen molar-refractivity contribution in [2.24, 2.45) is 17.3 Å². The SMILES string of the molecule is COc1ccc(C[NH+](C)C[C@@H](O)COCC2=CC[C@H]3C[C@@H]2C3(C)C)cc1. The third-order valence-electron chi connectivity index (χ3n) is 6.41. The summed E-state index contributed by atoms with van der Waals surface area (Å²) in [4.78, 5) is 1.27. The maximum absolute atomic E-state index is 10.3. The van der Waals surface area contributed by atoms with Crippen molar-refractivity contribution in [1.29, 1.82) is 0 Å². The Balaban J connectivity index is 1.37. The van der Waals surface area contributed by atoms with E-state index >= 15 is 0 Å². The Morgan fingerprint density at radius 2 is 2.00 bits per heavy atom. The number of quaternary nitrogens is 1. The minimum atomic E-state index is -0.431. The maximum atomic E-state index is 10.3. The number of benzene rings is 1. The molecule has 2 bridgehead atoms. The second kappa shape index (κ2) is 8.12. The first kappa shape index (κ1) is 19.4. The molecule has 3 aliphatic carbocycles. The Bertz CT molecular complexity index is 623. The predicted molar refractivity (Wildman–Crippen MR) is 103 cm³/mol. The number of allylic oxidation sites excluding steroid dienone is 1. The monoisotopic (exact) mass is 360 g/mol. The Morgan fingerprint density at radius 3 is 2.62 bits per heavy atom. The molecule has 3 aliphatic rings. The van der Waals surface area contributed by atoms with Crippen molar-refractivity contribution >= 4 is 0 Å². The van der Waals surface area contributed by atoms with Gasteiger partial charge < -0.3 is 19.5 Å². The molecule has 1 fully saturated rings. The van der Waals surface area contributed by atoms with Gasteiger partial charge in [-0.2, -0.15) is 0 Å².